The van der Waals surface area contributed by atoms with Crippen LogP contribution in [0.25, 0.3) is 0 Å². The summed E-state index contributed by atoms with van der Waals surface area (Å²) in [5.41, 5.74) is 7.30. The SMILES string of the molecule is N=C(N)N(CCCC(NC(=O)[C@H](Cc1ccccc1)NCCCc1ccccc1)C(=O)O)[N+](=O)[O-]. The van der Waals surface area contributed by atoms with Crippen molar-refractivity contribution in [1.82, 2.24) is 15.6 Å². The zero-order valence-electron chi connectivity index (χ0n) is 19.4. The number of carbonyl (C=O) groups excluding carboxylic acids is 1. The Morgan fingerprint density at radius 1 is 1.03 bits per heavy atom. The van der Waals surface area contributed by atoms with E-state index in [0.29, 0.717) is 18.0 Å². The molecule has 2 rings (SSSR count). The molecule has 6 N–H and O–H groups in total. The number of carbonyl (C=O) groups is 2. The molecule has 0 aromatic heterocycles. The Kier molecular flexibility index (Phi) is 11.1. The van der Waals surface area contributed by atoms with Gasteiger partial charge in [0.2, 0.25) is 5.91 Å². The summed E-state index contributed by atoms with van der Waals surface area (Å²) >= 11 is 0. The van der Waals surface area contributed by atoms with Gasteiger partial charge in [0.25, 0.3) is 5.96 Å². The Morgan fingerprint density at radius 3 is 2.17 bits per heavy atom. The molecule has 0 fully saturated rings. The third-order valence-corrected chi connectivity index (χ3v) is 5.43. The third-order valence-electron chi connectivity index (χ3n) is 5.43. The number of carboxylic acid groups (broad SMARTS) is 1. The van der Waals surface area contributed by atoms with Gasteiger partial charge in [-0.15, -0.1) is 0 Å². The molecule has 0 saturated carbocycles. The largest absolute Gasteiger partial charge is 0.480 e. The molecule has 2 aromatic rings. The highest BCUT2D eigenvalue weighted by molar-refractivity contribution is 5.87. The van der Waals surface area contributed by atoms with Gasteiger partial charge in [0.05, 0.1) is 12.6 Å². The molecule has 0 aliphatic rings. The summed E-state index contributed by atoms with van der Waals surface area (Å²) in [6.45, 7) is 0.321. The number of rotatable bonds is 15. The molecule has 1 amide bonds. The van der Waals surface area contributed by atoms with Crippen molar-refractivity contribution >= 4 is 17.8 Å². The predicted molar refractivity (Wildman–Crippen MR) is 131 cm³/mol. The van der Waals surface area contributed by atoms with E-state index >= 15 is 0 Å². The van der Waals surface area contributed by atoms with E-state index < -0.39 is 35.0 Å². The molecule has 11 nitrogen and oxygen atoms in total. The molecular formula is C24H32N6O5. The molecule has 0 radical (unpaired) electrons. The summed E-state index contributed by atoms with van der Waals surface area (Å²) in [5, 5.41) is 33.1. The van der Waals surface area contributed by atoms with Gasteiger partial charge in [-0.05, 0) is 49.8 Å². The van der Waals surface area contributed by atoms with Crippen LogP contribution < -0.4 is 16.4 Å². The summed E-state index contributed by atoms with van der Waals surface area (Å²) in [7, 11) is 0. The van der Waals surface area contributed by atoms with Gasteiger partial charge >= 0.3 is 5.97 Å². The normalized spacial score (nSPS) is 12.3. The number of nitrogens with one attached hydrogen (secondary N) is 3. The number of hydrogen-bond acceptors (Lipinski definition) is 6. The highest BCUT2D eigenvalue weighted by Crippen LogP contribution is 2.07. The number of hydrogen-bond donors (Lipinski definition) is 5. The van der Waals surface area contributed by atoms with E-state index in [1.165, 1.54) is 5.56 Å². The topological polar surface area (TPSA) is 175 Å². The molecule has 0 saturated heterocycles. The highest BCUT2D eigenvalue weighted by atomic mass is 16.7. The first-order valence-electron chi connectivity index (χ1n) is 11.4. The number of amides is 1. The minimum Gasteiger partial charge on any atom is -0.480 e. The van der Waals surface area contributed by atoms with Crippen LogP contribution >= 0.6 is 0 Å². The van der Waals surface area contributed by atoms with Crippen molar-refractivity contribution in [2.45, 2.75) is 44.2 Å². The quantitative estimate of drug-likeness (QED) is 0.0832. The van der Waals surface area contributed by atoms with Crippen LogP contribution in [-0.2, 0) is 22.4 Å². The second-order valence-electron chi connectivity index (χ2n) is 8.07. The van der Waals surface area contributed by atoms with Crippen LogP contribution in [0.5, 0.6) is 0 Å². The van der Waals surface area contributed by atoms with Crippen LogP contribution in [0.1, 0.15) is 30.4 Å². The zero-order chi connectivity index (χ0) is 25.6. The number of aliphatic carboxylic acids is 1. The van der Waals surface area contributed by atoms with Gasteiger partial charge in [0.1, 0.15) is 6.04 Å². The lowest BCUT2D eigenvalue weighted by Crippen LogP contribution is -2.51. The third kappa shape index (κ3) is 9.80. The smallest absolute Gasteiger partial charge is 0.326 e. The number of guanidine groups is 1. The van der Waals surface area contributed by atoms with Gasteiger partial charge in [0, 0.05) is 0 Å². The van der Waals surface area contributed by atoms with Gasteiger partial charge in [0.15, 0.2) is 5.03 Å². The molecule has 0 bridgehead atoms. The summed E-state index contributed by atoms with van der Waals surface area (Å²) in [5.74, 6) is -2.44. The number of hydrazine groups is 1. The summed E-state index contributed by atoms with van der Waals surface area (Å²) in [6.07, 6.45) is 2.02. The van der Waals surface area contributed by atoms with E-state index in [4.69, 9.17) is 11.1 Å². The van der Waals surface area contributed by atoms with Crippen LogP contribution in [0, 0.1) is 15.5 Å². The Hall–Kier alpha value is -3.99. The first kappa shape index (κ1) is 27.3. The molecular weight excluding hydrogens is 452 g/mol. The van der Waals surface area contributed by atoms with Gasteiger partial charge < -0.3 is 21.5 Å². The van der Waals surface area contributed by atoms with Crippen molar-refractivity contribution in [2.24, 2.45) is 5.73 Å². The van der Waals surface area contributed by atoms with E-state index in [1.54, 1.807) is 0 Å². The highest BCUT2D eigenvalue weighted by Gasteiger charge is 2.26. The van der Waals surface area contributed by atoms with Crippen molar-refractivity contribution < 1.29 is 19.7 Å². The van der Waals surface area contributed by atoms with E-state index in [2.05, 4.69) is 10.6 Å². The molecule has 11 heteroatoms. The Balaban J connectivity index is 1.97. The Morgan fingerprint density at radius 2 is 1.63 bits per heavy atom. The number of nitrogens with zero attached hydrogens (tertiary/aromatic N) is 2. The maximum Gasteiger partial charge on any atom is 0.326 e. The lowest BCUT2D eigenvalue weighted by Gasteiger charge is -2.22. The van der Waals surface area contributed by atoms with Gasteiger partial charge in [-0.25, -0.2) is 14.9 Å². The van der Waals surface area contributed by atoms with Crippen molar-refractivity contribution in [1.29, 1.82) is 5.41 Å². The summed E-state index contributed by atoms with van der Waals surface area (Å²) in [6, 6.07) is 17.5. The standard InChI is InChI=1S/C24H32N6O5/c25-24(26)29(30(34)35)16-8-14-20(23(32)33)28-22(31)21(17-19-11-5-2-6-12-19)27-15-7-13-18-9-3-1-4-10-18/h1-6,9-12,20-21,27H,7-8,13-17H2,(H3,25,26)(H,28,31)(H,32,33)/t20?,21-/m0/s1. The maximum atomic E-state index is 13.0. The Bertz CT molecular complexity index is 959. The van der Waals surface area contributed by atoms with Crippen molar-refractivity contribution in [2.75, 3.05) is 13.1 Å². The number of carboxylic acids is 1. The fraction of sp³-hybridized carbons (Fsp3) is 0.375. The van der Waals surface area contributed by atoms with Gasteiger partial charge in [-0.1, -0.05) is 65.7 Å². The predicted octanol–water partition coefficient (Wildman–Crippen LogP) is 1.56. The lowest BCUT2D eigenvalue weighted by atomic mass is 10.0. The van der Waals surface area contributed by atoms with E-state index in [0.717, 1.165) is 18.4 Å². The molecule has 1 unspecified atom stereocenters. The van der Waals surface area contributed by atoms with Crippen LogP contribution in [0.15, 0.2) is 60.7 Å². The molecule has 0 heterocycles. The minimum absolute atomic E-state index is 0.0473. The fourth-order valence-corrected chi connectivity index (χ4v) is 3.59. The molecule has 0 aliphatic heterocycles. The number of benzene rings is 2. The molecule has 0 aliphatic carbocycles. The average molecular weight is 485 g/mol. The van der Waals surface area contributed by atoms with Crippen molar-refractivity contribution in [3.05, 3.63) is 81.9 Å². The summed E-state index contributed by atoms with van der Waals surface area (Å²) < 4.78 is 0. The van der Waals surface area contributed by atoms with E-state index in [-0.39, 0.29) is 19.4 Å². The average Bonchev–Trinajstić information content (AvgIpc) is 2.83. The molecule has 2 aromatic carbocycles. The van der Waals surface area contributed by atoms with Crippen LogP contribution in [0.2, 0.25) is 0 Å². The van der Waals surface area contributed by atoms with Crippen molar-refractivity contribution in [3.63, 3.8) is 0 Å². The second-order valence-corrected chi connectivity index (χ2v) is 8.07. The molecule has 0 spiro atoms. The number of nitro groups is 1. The first-order chi connectivity index (χ1) is 16.8. The number of aryl methyl sites for hydroxylation is 1. The van der Waals surface area contributed by atoms with Crippen molar-refractivity contribution in [3.8, 4) is 0 Å². The van der Waals surface area contributed by atoms with Crippen LogP contribution in [0.3, 0.4) is 0 Å². The van der Waals surface area contributed by atoms with E-state index in [9.17, 15) is 24.8 Å². The van der Waals surface area contributed by atoms with Gasteiger partial charge in [-0.3, -0.25) is 10.2 Å². The van der Waals surface area contributed by atoms with Gasteiger partial charge in [-0.2, -0.15) is 0 Å². The van der Waals surface area contributed by atoms with Crippen LogP contribution in [-0.4, -0.2) is 58.2 Å². The second kappa shape index (κ2) is 14.3. The molecule has 188 valence electrons. The zero-order valence-corrected chi connectivity index (χ0v) is 19.4. The molecule has 2 atom stereocenters. The molecule has 35 heavy (non-hydrogen) atoms. The lowest BCUT2D eigenvalue weighted by molar-refractivity contribution is -0.629. The summed E-state index contributed by atoms with van der Waals surface area (Å²) in [4.78, 5) is 35.7. The minimum atomic E-state index is -1.24. The van der Waals surface area contributed by atoms with E-state index in [1.807, 2.05) is 60.7 Å². The fourth-order valence-electron chi connectivity index (χ4n) is 3.59. The maximum absolute atomic E-state index is 13.0. The Labute approximate surface area is 203 Å². The van der Waals surface area contributed by atoms with Crippen LogP contribution in [0.4, 0.5) is 0 Å². The number of nitrogens with two attached hydrogens (primary N) is 1. The first-order valence-corrected chi connectivity index (χ1v) is 11.4. The monoisotopic (exact) mass is 484 g/mol.